The minimum absolute atomic E-state index is 0.0711. The lowest BCUT2D eigenvalue weighted by Gasteiger charge is -2.13. The number of aromatic nitrogens is 3. The Hall–Kier alpha value is -3.95. The third-order valence-corrected chi connectivity index (χ3v) is 4.19. The van der Waals surface area contributed by atoms with Crippen LogP contribution in [0.2, 0.25) is 0 Å². The number of halogens is 3. The van der Waals surface area contributed by atoms with Crippen molar-refractivity contribution in [2.75, 3.05) is 6.54 Å². The minimum Gasteiger partial charge on any atom is -0.475 e. The van der Waals surface area contributed by atoms with Gasteiger partial charge in [-0.1, -0.05) is 36.4 Å². The third kappa shape index (κ3) is 5.78. The molecule has 4 rings (SSSR count). The molecule has 2 aromatic heterocycles. The molecule has 0 aliphatic carbocycles. The van der Waals surface area contributed by atoms with Gasteiger partial charge in [0.1, 0.15) is 5.69 Å². The zero-order valence-electron chi connectivity index (χ0n) is 16.0. The Morgan fingerprint density at radius 2 is 1.84 bits per heavy atom. The molecule has 3 heterocycles. The van der Waals surface area contributed by atoms with Crippen molar-refractivity contribution in [3.05, 3.63) is 71.7 Å². The van der Waals surface area contributed by atoms with Crippen molar-refractivity contribution in [3.8, 4) is 11.3 Å². The highest BCUT2D eigenvalue weighted by atomic mass is 19.4. The number of hydrogen-bond acceptors (Lipinski definition) is 4. The van der Waals surface area contributed by atoms with Crippen LogP contribution in [0.1, 0.15) is 21.7 Å². The Labute approximate surface area is 174 Å². The number of hydrogen-bond donors (Lipinski definition) is 2. The van der Waals surface area contributed by atoms with Crippen LogP contribution in [-0.2, 0) is 11.3 Å². The van der Waals surface area contributed by atoms with Crippen molar-refractivity contribution in [3.63, 3.8) is 0 Å². The molecule has 2 N–H and O–H groups in total. The third-order valence-electron chi connectivity index (χ3n) is 4.19. The Morgan fingerprint density at radius 1 is 1.13 bits per heavy atom. The number of pyridine rings is 1. The fourth-order valence-corrected chi connectivity index (χ4v) is 2.72. The molecule has 0 bridgehead atoms. The van der Waals surface area contributed by atoms with E-state index in [-0.39, 0.29) is 5.91 Å². The highest BCUT2D eigenvalue weighted by Gasteiger charge is 2.38. The average molecular weight is 430 g/mol. The van der Waals surface area contributed by atoms with Crippen LogP contribution in [0.3, 0.4) is 0 Å². The number of carbonyl (C=O) groups is 2. The predicted octanol–water partition coefficient (Wildman–Crippen LogP) is 3.49. The smallest absolute Gasteiger partial charge is 0.475 e. The molecule has 3 aromatic rings. The monoisotopic (exact) mass is 430 g/mol. The standard InChI is InChI=1S/C19H16N4O.C2HF3O2/c24-19-18-13-17(22-23(18)11-10-21-19)15-8-9-20-16(12-15)7-6-14-4-2-1-3-5-14;3-2(4,5)1(6)7/h1-9,12-13H,10-11H2,(H,21,24);(H,6,7). The molecular formula is C21H17F3N4O3. The zero-order valence-corrected chi connectivity index (χ0v) is 16.0. The number of fused-ring (bicyclic) bond motifs is 1. The first-order valence-corrected chi connectivity index (χ1v) is 9.10. The normalized spacial score (nSPS) is 13.2. The van der Waals surface area contributed by atoms with Gasteiger partial charge in [0.05, 0.1) is 17.9 Å². The van der Waals surface area contributed by atoms with Gasteiger partial charge in [0.15, 0.2) is 0 Å². The fraction of sp³-hybridized carbons (Fsp3) is 0.143. The molecular weight excluding hydrogens is 413 g/mol. The molecule has 0 saturated heterocycles. The van der Waals surface area contributed by atoms with Crippen LogP contribution in [0.5, 0.6) is 0 Å². The first-order valence-electron chi connectivity index (χ1n) is 9.10. The summed E-state index contributed by atoms with van der Waals surface area (Å²) < 4.78 is 33.5. The summed E-state index contributed by atoms with van der Waals surface area (Å²) in [5.41, 5.74) is 4.33. The number of benzene rings is 1. The van der Waals surface area contributed by atoms with E-state index in [1.807, 2.05) is 60.7 Å². The van der Waals surface area contributed by atoms with Crippen LogP contribution in [0.4, 0.5) is 13.2 Å². The summed E-state index contributed by atoms with van der Waals surface area (Å²) >= 11 is 0. The van der Waals surface area contributed by atoms with Crippen LogP contribution in [0, 0.1) is 0 Å². The second-order valence-electron chi connectivity index (χ2n) is 6.41. The van der Waals surface area contributed by atoms with Gasteiger partial charge in [0.2, 0.25) is 0 Å². The molecule has 31 heavy (non-hydrogen) atoms. The number of alkyl halides is 3. The van der Waals surface area contributed by atoms with Crippen LogP contribution in [-0.4, -0.2) is 44.5 Å². The first kappa shape index (κ1) is 21.8. The largest absolute Gasteiger partial charge is 0.490 e. The minimum atomic E-state index is -5.08. The van der Waals surface area contributed by atoms with E-state index in [2.05, 4.69) is 15.4 Å². The number of nitrogens with one attached hydrogen (secondary N) is 1. The van der Waals surface area contributed by atoms with Gasteiger partial charge < -0.3 is 10.4 Å². The van der Waals surface area contributed by atoms with Gasteiger partial charge in [-0.05, 0) is 29.8 Å². The van der Waals surface area contributed by atoms with E-state index in [4.69, 9.17) is 9.90 Å². The van der Waals surface area contributed by atoms with E-state index in [1.54, 1.807) is 10.9 Å². The van der Waals surface area contributed by atoms with Crippen molar-refractivity contribution in [2.24, 2.45) is 0 Å². The van der Waals surface area contributed by atoms with Crippen LogP contribution < -0.4 is 5.32 Å². The van der Waals surface area contributed by atoms with Crippen molar-refractivity contribution < 1.29 is 27.9 Å². The summed E-state index contributed by atoms with van der Waals surface area (Å²) in [7, 11) is 0. The van der Waals surface area contributed by atoms with Crippen LogP contribution in [0.15, 0.2) is 54.7 Å². The predicted molar refractivity (Wildman–Crippen MR) is 107 cm³/mol. The van der Waals surface area contributed by atoms with E-state index in [1.165, 1.54) is 0 Å². The molecule has 0 atom stereocenters. The SMILES string of the molecule is O=C(O)C(F)(F)F.O=C1NCCn2nc(-c3ccnc(C=Cc4ccccc4)c3)cc21. The van der Waals surface area contributed by atoms with Gasteiger partial charge in [-0.15, -0.1) is 0 Å². The summed E-state index contributed by atoms with van der Waals surface area (Å²) in [6.07, 6.45) is 0.678. The summed E-state index contributed by atoms with van der Waals surface area (Å²) in [6, 6.07) is 15.8. The first-order chi connectivity index (χ1) is 14.7. The Morgan fingerprint density at radius 3 is 2.48 bits per heavy atom. The fourth-order valence-electron chi connectivity index (χ4n) is 2.72. The van der Waals surface area contributed by atoms with Gasteiger partial charge in [0, 0.05) is 18.3 Å². The lowest BCUT2D eigenvalue weighted by molar-refractivity contribution is -0.192. The highest BCUT2D eigenvalue weighted by molar-refractivity contribution is 5.94. The van der Waals surface area contributed by atoms with Crippen LogP contribution in [0.25, 0.3) is 23.4 Å². The van der Waals surface area contributed by atoms with E-state index in [0.29, 0.717) is 18.8 Å². The molecule has 1 aliphatic rings. The molecule has 0 radical (unpaired) electrons. The summed E-state index contributed by atoms with van der Waals surface area (Å²) in [4.78, 5) is 25.1. The molecule has 10 heteroatoms. The number of amides is 1. The molecule has 0 unspecified atom stereocenters. The Balaban J connectivity index is 0.000000339. The van der Waals surface area contributed by atoms with Crippen molar-refractivity contribution in [1.29, 1.82) is 0 Å². The average Bonchev–Trinajstić information content (AvgIpc) is 3.19. The van der Waals surface area contributed by atoms with Gasteiger partial charge in [0.25, 0.3) is 5.91 Å². The molecule has 7 nitrogen and oxygen atoms in total. The van der Waals surface area contributed by atoms with Crippen molar-refractivity contribution in [1.82, 2.24) is 20.1 Å². The number of carbonyl (C=O) groups excluding carboxylic acids is 1. The van der Waals surface area contributed by atoms with Crippen molar-refractivity contribution >= 4 is 24.0 Å². The second kappa shape index (κ2) is 9.24. The van der Waals surface area contributed by atoms with E-state index in [9.17, 15) is 18.0 Å². The maximum Gasteiger partial charge on any atom is 0.490 e. The summed E-state index contributed by atoms with van der Waals surface area (Å²) in [5, 5.41) is 14.5. The van der Waals surface area contributed by atoms with E-state index < -0.39 is 12.1 Å². The molecule has 0 spiro atoms. The molecule has 1 aromatic carbocycles. The molecule has 0 fully saturated rings. The lowest BCUT2D eigenvalue weighted by atomic mass is 10.1. The van der Waals surface area contributed by atoms with Gasteiger partial charge in [-0.25, -0.2) is 4.79 Å². The quantitative estimate of drug-likeness (QED) is 0.663. The molecule has 160 valence electrons. The second-order valence-corrected chi connectivity index (χ2v) is 6.41. The molecule has 1 amide bonds. The van der Waals surface area contributed by atoms with Gasteiger partial charge in [-0.2, -0.15) is 18.3 Å². The number of aliphatic carboxylic acids is 1. The molecule has 0 saturated carbocycles. The van der Waals surface area contributed by atoms with Crippen LogP contribution >= 0.6 is 0 Å². The number of carboxylic acid groups (broad SMARTS) is 1. The zero-order chi connectivity index (χ0) is 22.4. The maximum absolute atomic E-state index is 11.9. The summed E-state index contributed by atoms with van der Waals surface area (Å²) in [6.45, 7) is 1.32. The topological polar surface area (TPSA) is 97.1 Å². The van der Waals surface area contributed by atoms with Crippen molar-refractivity contribution in [2.45, 2.75) is 12.7 Å². The lowest BCUT2D eigenvalue weighted by Crippen LogP contribution is -2.35. The highest BCUT2D eigenvalue weighted by Crippen LogP contribution is 2.21. The van der Waals surface area contributed by atoms with Gasteiger partial charge in [-0.3, -0.25) is 14.5 Å². The number of rotatable bonds is 3. The maximum atomic E-state index is 11.9. The Bertz CT molecular complexity index is 1110. The van der Waals surface area contributed by atoms with E-state index in [0.717, 1.165) is 22.5 Å². The van der Waals surface area contributed by atoms with Gasteiger partial charge >= 0.3 is 12.1 Å². The van der Waals surface area contributed by atoms with E-state index >= 15 is 0 Å². The number of carboxylic acids is 1. The Kier molecular flexibility index (Phi) is 6.49. The summed E-state index contributed by atoms with van der Waals surface area (Å²) in [5.74, 6) is -2.83. The molecule has 1 aliphatic heterocycles. The number of nitrogens with zero attached hydrogens (tertiary/aromatic N) is 3.